The van der Waals surface area contributed by atoms with Crippen molar-refractivity contribution in [3.63, 3.8) is 0 Å². The van der Waals surface area contributed by atoms with Crippen molar-refractivity contribution in [3.8, 4) is 0 Å². The minimum absolute atomic E-state index is 0.00190. The van der Waals surface area contributed by atoms with Gasteiger partial charge in [-0.3, -0.25) is 0 Å². The van der Waals surface area contributed by atoms with E-state index in [9.17, 15) is 13.2 Å². The first-order valence-corrected chi connectivity index (χ1v) is 6.90. The van der Waals surface area contributed by atoms with Gasteiger partial charge in [-0.05, 0) is 24.6 Å². The van der Waals surface area contributed by atoms with Gasteiger partial charge in [-0.1, -0.05) is 18.5 Å². The van der Waals surface area contributed by atoms with Crippen LogP contribution in [0.15, 0.2) is 30.6 Å². The minimum Gasteiger partial charge on any atom is -0.377 e. The monoisotopic (exact) mass is 317 g/mol. The van der Waals surface area contributed by atoms with Crippen molar-refractivity contribution in [3.05, 3.63) is 47.0 Å². The Balaban J connectivity index is 2.18. The van der Waals surface area contributed by atoms with E-state index in [2.05, 4.69) is 10.3 Å². The van der Waals surface area contributed by atoms with Gasteiger partial charge in [0, 0.05) is 29.6 Å². The number of anilines is 1. The summed E-state index contributed by atoms with van der Waals surface area (Å²) in [7, 11) is 0. The molecule has 0 amide bonds. The number of aryl methyl sites for hydroxylation is 1. The van der Waals surface area contributed by atoms with Crippen LogP contribution in [-0.4, -0.2) is 9.55 Å². The van der Waals surface area contributed by atoms with E-state index in [1.165, 1.54) is 12.1 Å². The summed E-state index contributed by atoms with van der Waals surface area (Å²) in [5.74, 6) is 0.694. The molecule has 0 fully saturated rings. The molecule has 1 aromatic heterocycles. The van der Waals surface area contributed by atoms with Crippen LogP contribution in [0.5, 0.6) is 0 Å². The molecule has 0 aliphatic carbocycles. The molecule has 1 N–H and O–H groups in total. The Morgan fingerprint density at radius 1 is 1.33 bits per heavy atom. The fourth-order valence-corrected chi connectivity index (χ4v) is 2.20. The van der Waals surface area contributed by atoms with Gasteiger partial charge in [0.15, 0.2) is 0 Å². The average molecular weight is 318 g/mol. The zero-order valence-electron chi connectivity index (χ0n) is 11.4. The lowest BCUT2D eigenvalue weighted by Crippen LogP contribution is -2.13. The van der Waals surface area contributed by atoms with Crippen molar-refractivity contribution in [1.82, 2.24) is 9.55 Å². The number of nitrogens with zero attached hydrogens (tertiary/aromatic N) is 2. The molecule has 1 heterocycles. The van der Waals surface area contributed by atoms with Gasteiger partial charge in [-0.15, -0.1) is 0 Å². The van der Waals surface area contributed by atoms with Gasteiger partial charge in [0.1, 0.15) is 5.82 Å². The van der Waals surface area contributed by atoms with Gasteiger partial charge >= 0.3 is 6.18 Å². The topological polar surface area (TPSA) is 29.9 Å². The predicted octanol–water partition coefficient (Wildman–Crippen LogP) is 4.58. The molecule has 21 heavy (non-hydrogen) atoms. The molecule has 3 nitrogen and oxygen atoms in total. The van der Waals surface area contributed by atoms with Crippen LogP contribution in [0.2, 0.25) is 5.02 Å². The Morgan fingerprint density at radius 2 is 2.10 bits per heavy atom. The number of benzene rings is 1. The molecule has 0 atom stereocenters. The molecule has 7 heteroatoms. The molecule has 0 bridgehead atoms. The molecule has 0 radical (unpaired) electrons. The summed E-state index contributed by atoms with van der Waals surface area (Å²) in [6.45, 7) is 3.03. The number of hydrogen-bond acceptors (Lipinski definition) is 2. The maximum atomic E-state index is 13.0. The highest BCUT2D eigenvalue weighted by molar-refractivity contribution is 6.30. The molecule has 114 valence electrons. The highest BCUT2D eigenvalue weighted by Gasteiger charge is 2.33. The summed E-state index contributed by atoms with van der Waals surface area (Å²) >= 11 is 5.64. The molecule has 1 aromatic carbocycles. The zero-order chi connectivity index (χ0) is 15.5. The van der Waals surface area contributed by atoms with Crippen LogP contribution in [0, 0.1) is 0 Å². The Hall–Kier alpha value is -1.69. The molecular formula is C14H15ClF3N3. The third-order valence-electron chi connectivity index (χ3n) is 2.99. The second-order valence-electron chi connectivity index (χ2n) is 4.58. The lowest BCUT2D eigenvalue weighted by molar-refractivity contribution is -0.136. The van der Waals surface area contributed by atoms with Crippen molar-refractivity contribution in [2.24, 2.45) is 0 Å². The number of halogens is 4. The number of imidazole rings is 1. The summed E-state index contributed by atoms with van der Waals surface area (Å²) in [5.41, 5.74) is -0.776. The molecule has 0 unspecified atom stereocenters. The highest BCUT2D eigenvalue weighted by atomic mass is 35.5. The second-order valence-corrected chi connectivity index (χ2v) is 5.01. The maximum absolute atomic E-state index is 13.0. The largest absolute Gasteiger partial charge is 0.418 e. The van der Waals surface area contributed by atoms with E-state index in [-0.39, 0.29) is 17.3 Å². The molecular weight excluding hydrogens is 303 g/mol. The third kappa shape index (κ3) is 3.91. The second kappa shape index (κ2) is 6.39. The van der Waals surface area contributed by atoms with E-state index in [1.807, 2.05) is 17.7 Å². The molecule has 0 saturated heterocycles. The van der Waals surface area contributed by atoms with Crippen molar-refractivity contribution in [2.45, 2.75) is 32.6 Å². The van der Waals surface area contributed by atoms with Crippen molar-refractivity contribution >= 4 is 17.3 Å². The van der Waals surface area contributed by atoms with Crippen LogP contribution >= 0.6 is 11.6 Å². The van der Waals surface area contributed by atoms with Crippen LogP contribution in [0.1, 0.15) is 24.7 Å². The van der Waals surface area contributed by atoms with Crippen molar-refractivity contribution in [1.29, 1.82) is 0 Å². The zero-order valence-corrected chi connectivity index (χ0v) is 12.2. The smallest absolute Gasteiger partial charge is 0.377 e. The predicted molar refractivity (Wildman–Crippen MR) is 76.3 cm³/mol. The Labute approximate surface area is 125 Å². The van der Waals surface area contributed by atoms with Crippen LogP contribution < -0.4 is 5.32 Å². The van der Waals surface area contributed by atoms with E-state index < -0.39 is 11.7 Å². The average Bonchev–Trinajstić information content (AvgIpc) is 2.84. The summed E-state index contributed by atoms with van der Waals surface area (Å²) in [6.07, 6.45) is -0.0730. The first-order chi connectivity index (χ1) is 9.91. The lowest BCUT2D eigenvalue weighted by atomic mass is 10.1. The fourth-order valence-electron chi connectivity index (χ4n) is 2.03. The number of aromatic nitrogens is 2. The Bertz CT molecular complexity index is 608. The Kier molecular flexibility index (Phi) is 4.77. The van der Waals surface area contributed by atoms with Crippen molar-refractivity contribution < 1.29 is 13.2 Å². The summed E-state index contributed by atoms with van der Waals surface area (Å²) in [5, 5.41) is 2.84. The molecule has 0 aliphatic heterocycles. The van der Waals surface area contributed by atoms with Crippen LogP contribution in [0.4, 0.5) is 18.9 Å². The molecule has 0 spiro atoms. The summed E-state index contributed by atoms with van der Waals surface area (Å²) in [6, 6.07) is 3.68. The number of nitrogens with one attached hydrogen (secondary N) is 1. The Morgan fingerprint density at radius 3 is 2.76 bits per heavy atom. The molecule has 2 rings (SSSR count). The van der Waals surface area contributed by atoms with Gasteiger partial charge in [-0.2, -0.15) is 13.2 Å². The molecule has 0 saturated carbocycles. The van der Waals surface area contributed by atoms with Gasteiger partial charge in [-0.25, -0.2) is 4.98 Å². The van der Waals surface area contributed by atoms with Crippen LogP contribution in [0.3, 0.4) is 0 Å². The van der Waals surface area contributed by atoms with E-state index in [0.29, 0.717) is 5.82 Å². The molecule has 2 aromatic rings. The van der Waals surface area contributed by atoms with Gasteiger partial charge in [0.05, 0.1) is 12.1 Å². The van der Waals surface area contributed by atoms with E-state index in [4.69, 9.17) is 11.6 Å². The highest BCUT2D eigenvalue weighted by Crippen LogP contribution is 2.36. The number of rotatable bonds is 5. The fraction of sp³-hybridized carbons (Fsp3) is 0.357. The first-order valence-electron chi connectivity index (χ1n) is 6.52. The van der Waals surface area contributed by atoms with E-state index in [0.717, 1.165) is 19.0 Å². The lowest BCUT2D eigenvalue weighted by Gasteiger charge is -2.15. The standard InChI is InChI=1S/C14H15ClF3N3/c1-2-6-21-7-5-19-13(21)9-20-12-4-3-10(15)8-11(12)14(16,17)18/h3-5,7-8,20H,2,6,9H2,1H3. The quantitative estimate of drug-likeness (QED) is 0.875. The summed E-state index contributed by atoms with van der Waals surface area (Å²) in [4.78, 5) is 4.15. The van der Waals surface area contributed by atoms with Gasteiger partial charge in [0.2, 0.25) is 0 Å². The summed E-state index contributed by atoms with van der Waals surface area (Å²) < 4.78 is 40.8. The van der Waals surface area contributed by atoms with Crippen molar-refractivity contribution in [2.75, 3.05) is 5.32 Å². The number of alkyl halides is 3. The first kappa shape index (κ1) is 15.7. The molecule has 0 aliphatic rings. The van der Waals surface area contributed by atoms with Crippen LogP contribution in [-0.2, 0) is 19.3 Å². The van der Waals surface area contributed by atoms with Gasteiger partial charge < -0.3 is 9.88 Å². The van der Waals surface area contributed by atoms with Crippen LogP contribution in [0.25, 0.3) is 0 Å². The third-order valence-corrected chi connectivity index (χ3v) is 3.23. The maximum Gasteiger partial charge on any atom is 0.418 e. The number of hydrogen-bond donors (Lipinski definition) is 1. The van der Waals surface area contributed by atoms with E-state index >= 15 is 0 Å². The normalized spacial score (nSPS) is 11.7. The van der Waals surface area contributed by atoms with Gasteiger partial charge in [0.25, 0.3) is 0 Å². The minimum atomic E-state index is -4.45. The van der Waals surface area contributed by atoms with E-state index in [1.54, 1.807) is 6.20 Å². The SMILES string of the molecule is CCCn1ccnc1CNc1ccc(Cl)cc1C(F)(F)F.